The number of nitrogens with one attached hydrogen (secondary N) is 1. The molecule has 1 N–H and O–H groups in total. The average Bonchev–Trinajstić information content (AvgIpc) is 2.69. The molecule has 1 heterocycles. The standard InChI is InChI=1S/C21H24N4O4S/c1-24(15-20(26)16-8-10-18(11-9-16)23-30(2,28)29)12-5-13-25-21(27)19-7-4-3-6-17(19)14-22-25/h3-4,6-11,14,23H,5,12-13,15H2,1-2H3. The Hall–Kier alpha value is -3.04. The molecule has 9 heteroatoms. The van der Waals surface area contributed by atoms with Gasteiger partial charge in [0, 0.05) is 29.7 Å². The first kappa shape index (κ1) is 21.7. The molecule has 0 spiro atoms. The molecule has 0 radical (unpaired) electrons. The number of sulfonamides is 1. The van der Waals surface area contributed by atoms with Gasteiger partial charge in [-0.2, -0.15) is 5.10 Å². The van der Waals surface area contributed by atoms with Crippen molar-refractivity contribution in [1.82, 2.24) is 14.7 Å². The molecule has 2 aromatic carbocycles. The Balaban J connectivity index is 1.52. The normalized spacial score (nSPS) is 11.7. The topological polar surface area (TPSA) is 101 Å². The monoisotopic (exact) mass is 428 g/mol. The zero-order valence-corrected chi connectivity index (χ0v) is 17.7. The van der Waals surface area contributed by atoms with Gasteiger partial charge in [-0.25, -0.2) is 13.1 Å². The molecule has 8 nitrogen and oxygen atoms in total. The number of ketones is 1. The van der Waals surface area contributed by atoms with E-state index in [1.807, 2.05) is 30.1 Å². The maximum Gasteiger partial charge on any atom is 0.274 e. The lowest BCUT2D eigenvalue weighted by atomic mass is 10.1. The number of nitrogens with zero attached hydrogens (tertiary/aromatic N) is 3. The van der Waals surface area contributed by atoms with Gasteiger partial charge in [-0.05, 0) is 43.8 Å². The van der Waals surface area contributed by atoms with Crippen LogP contribution in [0, 0.1) is 0 Å². The fourth-order valence-electron chi connectivity index (χ4n) is 3.13. The first-order chi connectivity index (χ1) is 14.2. The molecule has 0 saturated carbocycles. The minimum absolute atomic E-state index is 0.0654. The number of fused-ring (bicyclic) bond motifs is 1. The predicted molar refractivity (Wildman–Crippen MR) is 117 cm³/mol. The van der Waals surface area contributed by atoms with Crippen LogP contribution in [0.25, 0.3) is 10.8 Å². The van der Waals surface area contributed by atoms with E-state index in [1.54, 1.807) is 36.5 Å². The van der Waals surface area contributed by atoms with Gasteiger partial charge in [0.2, 0.25) is 10.0 Å². The summed E-state index contributed by atoms with van der Waals surface area (Å²) in [5.74, 6) is -0.0654. The first-order valence-corrected chi connectivity index (χ1v) is 11.4. The molecule has 0 unspecified atom stereocenters. The molecule has 3 rings (SSSR count). The molecule has 30 heavy (non-hydrogen) atoms. The Morgan fingerprint density at radius 1 is 1.13 bits per heavy atom. The van der Waals surface area contributed by atoms with Gasteiger partial charge in [-0.3, -0.25) is 19.2 Å². The van der Waals surface area contributed by atoms with Crippen molar-refractivity contribution >= 4 is 32.3 Å². The third-order valence-electron chi connectivity index (χ3n) is 4.60. The number of likely N-dealkylation sites (N-methyl/N-ethyl adjacent to an activating group) is 1. The Morgan fingerprint density at radius 2 is 1.83 bits per heavy atom. The minimum atomic E-state index is -3.35. The maximum absolute atomic E-state index is 12.5. The van der Waals surface area contributed by atoms with Crippen LogP contribution in [-0.2, 0) is 16.6 Å². The highest BCUT2D eigenvalue weighted by atomic mass is 32.2. The highest BCUT2D eigenvalue weighted by Gasteiger charge is 2.11. The summed E-state index contributed by atoms with van der Waals surface area (Å²) in [4.78, 5) is 26.8. The van der Waals surface area contributed by atoms with E-state index in [9.17, 15) is 18.0 Å². The number of hydrogen-bond acceptors (Lipinski definition) is 6. The minimum Gasteiger partial charge on any atom is -0.299 e. The van der Waals surface area contributed by atoms with E-state index in [1.165, 1.54) is 4.68 Å². The largest absolute Gasteiger partial charge is 0.299 e. The van der Waals surface area contributed by atoms with Crippen molar-refractivity contribution in [1.29, 1.82) is 0 Å². The maximum atomic E-state index is 12.5. The lowest BCUT2D eigenvalue weighted by Crippen LogP contribution is -2.29. The van der Waals surface area contributed by atoms with E-state index in [0.717, 1.165) is 11.6 Å². The number of anilines is 1. The van der Waals surface area contributed by atoms with Crippen LogP contribution < -0.4 is 10.3 Å². The summed E-state index contributed by atoms with van der Waals surface area (Å²) >= 11 is 0. The van der Waals surface area contributed by atoms with Crippen molar-refractivity contribution in [3.05, 3.63) is 70.6 Å². The summed E-state index contributed by atoms with van der Waals surface area (Å²) in [5.41, 5.74) is 0.804. The fourth-order valence-corrected chi connectivity index (χ4v) is 3.70. The van der Waals surface area contributed by atoms with E-state index < -0.39 is 10.0 Å². The van der Waals surface area contributed by atoms with Gasteiger partial charge >= 0.3 is 0 Å². The van der Waals surface area contributed by atoms with Gasteiger partial charge < -0.3 is 0 Å². The summed E-state index contributed by atoms with van der Waals surface area (Å²) in [6.07, 6.45) is 3.43. The van der Waals surface area contributed by atoms with Gasteiger partial charge in [0.1, 0.15) is 0 Å². The number of aryl methyl sites for hydroxylation is 1. The van der Waals surface area contributed by atoms with Crippen LogP contribution in [-0.4, -0.2) is 55.3 Å². The van der Waals surface area contributed by atoms with Crippen LogP contribution in [0.2, 0.25) is 0 Å². The predicted octanol–water partition coefficient (Wildman–Crippen LogP) is 1.97. The van der Waals surface area contributed by atoms with E-state index in [-0.39, 0.29) is 17.9 Å². The zero-order chi connectivity index (χ0) is 21.7. The van der Waals surface area contributed by atoms with Gasteiger partial charge in [0.05, 0.1) is 24.4 Å². The van der Waals surface area contributed by atoms with Crippen LogP contribution in [0.4, 0.5) is 5.69 Å². The Bertz CT molecular complexity index is 1200. The third-order valence-corrected chi connectivity index (χ3v) is 5.20. The molecule has 0 amide bonds. The first-order valence-electron chi connectivity index (χ1n) is 9.47. The van der Waals surface area contributed by atoms with Crippen molar-refractivity contribution < 1.29 is 13.2 Å². The molecule has 0 fully saturated rings. The molecule has 158 valence electrons. The lowest BCUT2D eigenvalue weighted by Gasteiger charge is -2.16. The van der Waals surface area contributed by atoms with Crippen LogP contribution in [0.1, 0.15) is 16.8 Å². The molecule has 0 aliphatic rings. The molecule has 0 aliphatic heterocycles. The molecular formula is C21H24N4O4S. The van der Waals surface area contributed by atoms with E-state index in [2.05, 4.69) is 9.82 Å². The molecule has 0 bridgehead atoms. The number of Topliss-reactive ketones (excluding diaryl/α,β-unsaturated/α-hetero) is 1. The van der Waals surface area contributed by atoms with Gasteiger partial charge in [-0.15, -0.1) is 0 Å². The van der Waals surface area contributed by atoms with Crippen molar-refractivity contribution in [3.8, 4) is 0 Å². The quantitative estimate of drug-likeness (QED) is 0.523. The van der Waals surface area contributed by atoms with E-state index in [0.29, 0.717) is 36.1 Å². The average molecular weight is 429 g/mol. The second kappa shape index (κ2) is 9.19. The highest BCUT2D eigenvalue weighted by molar-refractivity contribution is 7.92. The molecule has 1 aromatic heterocycles. The van der Waals surface area contributed by atoms with Crippen molar-refractivity contribution in [2.24, 2.45) is 0 Å². The smallest absolute Gasteiger partial charge is 0.274 e. The lowest BCUT2D eigenvalue weighted by molar-refractivity contribution is 0.0945. The summed E-state index contributed by atoms with van der Waals surface area (Å²) in [6, 6.07) is 13.7. The van der Waals surface area contributed by atoms with Crippen molar-refractivity contribution in [3.63, 3.8) is 0 Å². The second-order valence-corrected chi connectivity index (χ2v) is 8.97. The SMILES string of the molecule is CN(CCCn1ncc2ccccc2c1=O)CC(=O)c1ccc(NS(C)(=O)=O)cc1. The van der Waals surface area contributed by atoms with Crippen LogP contribution >= 0.6 is 0 Å². The number of rotatable bonds is 9. The molecule has 3 aromatic rings. The molecule has 0 saturated heterocycles. The summed E-state index contributed by atoms with van der Waals surface area (Å²) in [7, 11) is -1.51. The second-order valence-electron chi connectivity index (χ2n) is 7.23. The number of carbonyl (C=O) groups is 1. The third kappa shape index (κ3) is 5.74. The van der Waals surface area contributed by atoms with Crippen molar-refractivity contribution in [2.75, 3.05) is 31.1 Å². The highest BCUT2D eigenvalue weighted by Crippen LogP contribution is 2.12. The molecule has 0 atom stereocenters. The van der Waals surface area contributed by atoms with Gasteiger partial charge in [-0.1, -0.05) is 18.2 Å². The van der Waals surface area contributed by atoms with E-state index in [4.69, 9.17) is 0 Å². The Labute approximate surface area is 175 Å². The molecule has 0 aliphatic carbocycles. The Morgan fingerprint density at radius 3 is 2.53 bits per heavy atom. The zero-order valence-electron chi connectivity index (χ0n) is 16.9. The van der Waals surface area contributed by atoms with E-state index >= 15 is 0 Å². The summed E-state index contributed by atoms with van der Waals surface area (Å²) in [5, 5.41) is 5.68. The van der Waals surface area contributed by atoms with Gasteiger partial charge in [0.25, 0.3) is 5.56 Å². The summed E-state index contributed by atoms with van der Waals surface area (Å²) in [6.45, 7) is 1.31. The fraction of sp³-hybridized carbons (Fsp3) is 0.286. The van der Waals surface area contributed by atoms with Gasteiger partial charge in [0.15, 0.2) is 5.78 Å². The van der Waals surface area contributed by atoms with Crippen LogP contribution in [0.15, 0.2) is 59.5 Å². The number of aromatic nitrogens is 2. The summed E-state index contributed by atoms with van der Waals surface area (Å²) < 4.78 is 26.3. The molecular weight excluding hydrogens is 404 g/mol. The number of carbonyl (C=O) groups excluding carboxylic acids is 1. The Kier molecular flexibility index (Phi) is 6.63. The van der Waals surface area contributed by atoms with Crippen LogP contribution in [0.5, 0.6) is 0 Å². The number of benzene rings is 2. The van der Waals surface area contributed by atoms with Crippen molar-refractivity contribution in [2.45, 2.75) is 13.0 Å². The van der Waals surface area contributed by atoms with Crippen LogP contribution in [0.3, 0.4) is 0 Å². The number of hydrogen-bond donors (Lipinski definition) is 1.